The van der Waals surface area contributed by atoms with E-state index in [0.717, 1.165) is 41.7 Å². The molecule has 0 atom stereocenters. The molecule has 23 heavy (non-hydrogen) atoms. The maximum absolute atomic E-state index is 12.4. The lowest BCUT2D eigenvalue weighted by molar-refractivity contribution is -0.132. The fraction of sp³-hybridized carbons (Fsp3) is 0.444. The highest BCUT2D eigenvalue weighted by molar-refractivity contribution is 9.10. The van der Waals surface area contributed by atoms with E-state index in [1.807, 2.05) is 11.1 Å². The highest BCUT2D eigenvalue weighted by Gasteiger charge is 2.18. The third-order valence-corrected chi connectivity index (χ3v) is 5.08. The molecule has 1 aromatic heterocycles. The molecule has 4 nitrogen and oxygen atoms in total. The van der Waals surface area contributed by atoms with E-state index < -0.39 is 0 Å². The summed E-state index contributed by atoms with van der Waals surface area (Å²) in [7, 11) is 0. The quantitative estimate of drug-likeness (QED) is 0.814. The molecule has 5 heteroatoms. The molecule has 1 fully saturated rings. The van der Waals surface area contributed by atoms with Crippen LogP contribution in [0.15, 0.2) is 28.9 Å². The van der Waals surface area contributed by atoms with Gasteiger partial charge in [0.2, 0.25) is 5.91 Å². The molecule has 1 aliphatic rings. The van der Waals surface area contributed by atoms with Gasteiger partial charge in [0.25, 0.3) is 0 Å². The Labute approximate surface area is 145 Å². The number of nitrogens with zero attached hydrogens (tertiary/aromatic N) is 3. The van der Waals surface area contributed by atoms with Crippen LogP contribution in [-0.4, -0.2) is 33.7 Å². The van der Waals surface area contributed by atoms with Crippen molar-refractivity contribution in [1.29, 1.82) is 0 Å². The van der Waals surface area contributed by atoms with Gasteiger partial charge < -0.3 is 4.90 Å². The van der Waals surface area contributed by atoms with Crippen molar-refractivity contribution < 1.29 is 4.79 Å². The monoisotopic (exact) mass is 375 g/mol. The van der Waals surface area contributed by atoms with Crippen LogP contribution in [0, 0.1) is 13.8 Å². The zero-order valence-corrected chi connectivity index (χ0v) is 15.3. The standard InChI is InChI=1S/C18H22BrN3O/c1-13-6-7-15(10-14(13)2)18-16(19)11-22(20-18)12-17(23)21-8-4-3-5-9-21/h6-7,10-11H,3-5,8-9,12H2,1-2H3. The number of amides is 1. The van der Waals surface area contributed by atoms with E-state index >= 15 is 0 Å². The summed E-state index contributed by atoms with van der Waals surface area (Å²) in [5, 5.41) is 4.61. The van der Waals surface area contributed by atoms with Gasteiger partial charge in [-0.15, -0.1) is 0 Å². The summed E-state index contributed by atoms with van der Waals surface area (Å²) in [5.41, 5.74) is 4.47. The number of benzene rings is 1. The lowest BCUT2D eigenvalue weighted by Gasteiger charge is -2.26. The van der Waals surface area contributed by atoms with Crippen LogP contribution in [-0.2, 0) is 11.3 Å². The first kappa shape index (κ1) is 16.2. The van der Waals surface area contributed by atoms with Crippen LogP contribution in [0.5, 0.6) is 0 Å². The van der Waals surface area contributed by atoms with Gasteiger partial charge in [-0.25, -0.2) is 0 Å². The van der Waals surface area contributed by atoms with Gasteiger partial charge in [0.15, 0.2) is 0 Å². The van der Waals surface area contributed by atoms with E-state index in [4.69, 9.17) is 0 Å². The second-order valence-corrected chi connectivity index (χ2v) is 7.12. The minimum Gasteiger partial charge on any atom is -0.341 e. The SMILES string of the molecule is Cc1ccc(-c2nn(CC(=O)N3CCCCC3)cc2Br)cc1C. The molecule has 122 valence electrons. The van der Waals surface area contributed by atoms with E-state index in [2.05, 4.69) is 53.1 Å². The molecule has 1 saturated heterocycles. The molecule has 0 bridgehead atoms. The van der Waals surface area contributed by atoms with E-state index in [1.54, 1.807) is 4.68 Å². The van der Waals surface area contributed by atoms with E-state index in [9.17, 15) is 4.79 Å². The summed E-state index contributed by atoms with van der Waals surface area (Å²) in [6, 6.07) is 6.32. The predicted octanol–water partition coefficient (Wildman–Crippen LogP) is 3.94. The average molecular weight is 376 g/mol. The van der Waals surface area contributed by atoms with Gasteiger partial charge in [0, 0.05) is 24.8 Å². The number of piperidine rings is 1. The molecule has 2 heterocycles. The van der Waals surface area contributed by atoms with E-state index in [1.165, 1.54) is 17.5 Å². The summed E-state index contributed by atoms with van der Waals surface area (Å²) in [6.45, 7) is 6.27. The van der Waals surface area contributed by atoms with E-state index in [-0.39, 0.29) is 5.91 Å². The van der Waals surface area contributed by atoms with Crippen molar-refractivity contribution in [1.82, 2.24) is 14.7 Å². The van der Waals surface area contributed by atoms with Crippen LogP contribution in [0.3, 0.4) is 0 Å². The summed E-state index contributed by atoms with van der Waals surface area (Å²) in [6.07, 6.45) is 5.35. The van der Waals surface area contributed by atoms with Gasteiger partial charge in [0.05, 0.1) is 4.47 Å². The molecule has 1 amide bonds. The minimum atomic E-state index is 0.159. The minimum absolute atomic E-state index is 0.159. The Morgan fingerprint density at radius 1 is 1.17 bits per heavy atom. The van der Waals surface area contributed by atoms with Crippen LogP contribution >= 0.6 is 15.9 Å². The first-order valence-electron chi connectivity index (χ1n) is 8.13. The number of hydrogen-bond donors (Lipinski definition) is 0. The largest absolute Gasteiger partial charge is 0.341 e. The molecule has 1 aliphatic heterocycles. The number of carbonyl (C=O) groups is 1. The Morgan fingerprint density at radius 3 is 2.61 bits per heavy atom. The molecular weight excluding hydrogens is 354 g/mol. The Balaban J connectivity index is 1.77. The fourth-order valence-corrected chi connectivity index (χ4v) is 3.49. The lowest BCUT2D eigenvalue weighted by atomic mass is 10.0. The Morgan fingerprint density at radius 2 is 1.91 bits per heavy atom. The second-order valence-electron chi connectivity index (χ2n) is 6.26. The molecule has 2 aromatic rings. The summed E-state index contributed by atoms with van der Waals surface area (Å²) >= 11 is 3.57. The molecule has 0 unspecified atom stereocenters. The first-order valence-corrected chi connectivity index (χ1v) is 8.92. The van der Waals surface area contributed by atoms with Gasteiger partial charge in [-0.05, 0) is 66.2 Å². The molecule has 0 radical (unpaired) electrons. The summed E-state index contributed by atoms with van der Waals surface area (Å²) in [4.78, 5) is 14.3. The van der Waals surface area contributed by atoms with Crippen molar-refractivity contribution in [2.45, 2.75) is 39.7 Å². The zero-order chi connectivity index (χ0) is 16.4. The maximum atomic E-state index is 12.4. The predicted molar refractivity (Wildman–Crippen MR) is 95.3 cm³/mol. The third-order valence-electron chi connectivity index (χ3n) is 4.50. The lowest BCUT2D eigenvalue weighted by Crippen LogP contribution is -2.37. The molecule has 0 saturated carbocycles. The molecule has 0 spiro atoms. The van der Waals surface area contributed by atoms with Crippen LogP contribution in [0.4, 0.5) is 0 Å². The van der Waals surface area contributed by atoms with Gasteiger partial charge in [-0.2, -0.15) is 5.10 Å². The van der Waals surface area contributed by atoms with Gasteiger partial charge in [0.1, 0.15) is 12.2 Å². The van der Waals surface area contributed by atoms with Crippen LogP contribution in [0.2, 0.25) is 0 Å². The molecular formula is C18H22BrN3O. The number of aromatic nitrogens is 2. The molecule has 3 rings (SSSR count). The van der Waals surface area contributed by atoms with Crippen molar-refractivity contribution in [3.05, 3.63) is 40.0 Å². The van der Waals surface area contributed by atoms with Crippen LogP contribution in [0.1, 0.15) is 30.4 Å². The molecule has 0 aliphatic carbocycles. The van der Waals surface area contributed by atoms with Crippen molar-refractivity contribution in [2.75, 3.05) is 13.1 Å². The number of aryl methyl sites for hydroxylation is 2. The van der Waals surface area contributed by atoms with Crippen molar-refractivity contribution in [3.63, 3.8) is 0 Å². The van der Waals surface area contributed by atoms with Crippen LogP contribution in [0.25, 0.3) is 11.3 Å². The maximum Gasteiger partial charge on any atom is 0.244 e. The van der Waals surface area contributed by atoms with Crippen molar-refractivity contribution in [2.24, 2.45) is 0 Å². The molecule has 1 aromatic carbocycles. The number of likely N-dealkylation sites (tertiary alicyclic amines) is 1. The fourth-order valence-electron chi connectivity index (χ4n) is 2.94. The van der Waals surface area contributed by atoms with Crippen LogP contribution < -0.4 is 0 Å². The van der Waals surface area contributed by atoms with E-state index in [0.29, 0.717) is 6.54 Å². The number of halogens is 1. The molecule has 0 N–H and O–H groups in total. The second kappa shape index (κ2) is 6.87. The summed E-state index contributed by atoms with van der Waals surface area (Å²) < 4.78 is 2.66. The van der Waals surface area contributed by atoms with Crippen molar-refractivity contribution in [3.8, 4) is 11.3 Å². The number of carbonyl (C=O) groups excluding carboxylic acids is 1. The highest BCUT2D eigenvalue weighted by atomic mass is 79.9. The normalized spacial score (nSPS) is 15.0. The first-order chi connectivity index (χ1) is 11.0. The highest BCUT2D eigenvalue weighted by Crippen LogP contribution is 2.28. The number of rotatable bonds is 3. The third kappa shape index (κ3) is 3.66. The zero-order valence-electron chi connectivity index (χ0n) is 13.7. The van der Waals surface area contributed by atoms with Gasteiger partial charge in [-0.1, -0.05) is 12.1 Å². The van der Waals surface area contributed by atoms with Crippen molar-refractivity contribution >= 4 is 21.8 Å². The average Bonchev–Trinajstić information content (AvgIpc) is 2.91. The Bertz CT molecular complexity index is 717. The topological polar surface area (TPSA) is 38.1 Å². The Kier molecular flexibility index (Phi) is 4.85. The smallest absolute Gasteiger partial charge is 0.244 e. The Hall–Kier alpha value is -1.62. The summed E-state index contributed by atoms with van der Waals surface area (Å²) in [5.74, 6) is 0.159. The number of hydrogen-bond acceptors (Lipinski definition) is 2. The van der Waals surface area contributed by atoms with Gasteiger partial charge >= 0.3 is 0 Å². The van der Waals surface area contributed by atoms with Gasteiger partial charge in [-0.3, -0.25) is 9.48 Å².